The molecule has 7 aliphatic rings. The Hall–Kier alpha value is -0.0800. The van der Waals surface area contributed by atoms with Crippen LogP contribution in [0.2, 0.25) is 0 Å². The molecule has 0 amide bonds. The zero-order valence-corrected chi connectivity index (χ0v) is 23.4. The molecule has 0 spiro atoms. The summed E-state index contributed by atoms with van der Waals surface area (Å²) in [5, 5.41) is 0. The smallest absolute Gasteiger partial charge is 0.0158 e. The first-order valence-corrected chi connectivity index (χ1v) is 16.7. The highest BCUT2D eigenvalue weighted by atomic mass is 15.3. The van der Waals surface area contributed by atoms with Gasteiger partial charge in [-0.2, -0.15) is 0 Å². The number of hydrogen-bond acceptors (Lipinski definition) is 2. The SMILES string of the molecule is CC1CCCC2C3CCCCC3N(C3CCCC(N4C5CCCCC5C5CCCC(C)C54)C3C)C12. The van der Waals surface area contributed by atoms with Crippen molar-refractivity contribution >= 4 is 0 Å². The molecule has 7 fully saturated rings. The average molecular weight is 481 g/mol. The van der Waals surface area contributed by atoms with Gasteiger partial charge < -0.3 is 0 Å². The zero-order valence-electron chi connectivity index (χ0n) is 23.4. The van der Waals surface area contributed by atoms with Crippen LogP contribution >= 0.6 is 0 Å². The monoisotopic (exact) mass is 480 g/mol. The van der Waals surface area contributed by atoms with Crippen LogP contribution in [-0.4, -0.2) is 46.1 Å². The van der Waals surface area contributed by atoms with Crippen LogP contribution in [0.15, 0.2) is 0 Å². The molecule has 2 aliphatic heterocycles. The first-order valence-electron chi connectivity index (χ1n) is 16.7. The van der Waals surface area contributed by atoms with Crippen molar-refractivity contribution in [1.82, 2.24) is 9.80 Å². The van der Waals surface area contributed by atoms with E-state index in [0.29, 0.717) is 0 Å². The third-order valence-electron chi connectivity index (χ3n) is 13.5. The summed E-state index contributed by atoms with van der Waals surface area (Å²) in [4.78, 5) is 6.59. The summed E-state index contributed by atoms with van der Waals surface area (Å²) in [5.74, 6) is 6.90. The Morgan fingerprint density at radius 2 is 0.743 bits per heavy atom. The molecule has 12 atom stereocenters. The van der Waals surface area contributed by atoms with Crippen LogP contribution in [0.5, 0.6) is 0 Å². The highest BCUT2D eigenvalue weighted by molar-refractivity contribution is 5.11. The molecule has 5 saturated carbocycles. The topological polar surface area (TPSA) is 6.48 Å². The van der Waals surface area contributed by atoms with E-state index in [1.165, 1.54) is 83.5 Å². The molecule has 0 radical (unpaired) electrons. The molecule has 12 unspecified atom stereocenters. The highest BCUT2D eigenvalue weighted by Gasteiger charge is 2.58. The molecule has 0 aromatic rings. The van der Waals surface area contributed by atoms with Crippen LogP contribution in [0.4, 0.5) is 0 Å². The van der Waals surface area contributed by atoms with E-state index in [0.717, 1.165) is 77.7 Å². The van der Waals surface area contributed by atoms with Crippen LogP contribution in [0.1, 0.15) is 130 Å². The van der Waals surface area contributed by atoms with Crippen LogP contribution in [0.3, 0.4) is 0 Å². The van der Waals surface area contributed by atoms with Gasteiger partial charge in [-0.1, -0.05) is 65.7 Å². The number of fused-ring (bicyclic) bond motifs is 6. The van der Waals surface area contributed by atoms with Gasteiger partial charge in [-0.15, -0.1) is 0 Å². The molecule has 0 bridgehead atoms. The number of rotatable bonds is 2. The second-order valence-corrected chi connectivity index (χ2v) is 15.0. The third kappa shape index (κ3) is 3.76. The van der Waals surface area contributed by atoms with Crippen molar-refractivity contribution in [3.05, 3.63) is 0 Å². The molecule has 198 valence electrons. The Morgan fingerprint density at radius 1 is 0.371 bits per heavy atom. The van der Waals surface area contributed by atoms with E-state index >= 15 is 0 Å². The molecule has 5 aliphatic carbocycles. The van der Waals surface area contributed by atoms with E-state index in [1.807, 2.05) is 0 Å². The lowest BCUT2D eigenvalue weighted by Gasteiger charge is -2.53. The molecular weight excluding hydrogens is 424 g/mol. The largest absolute Gasteiger partial charge is 0.293 e. The van der Waals surface area contributed by atoms with E-state index in [4.69, 9.17) is 0 Å². The van der Waals surface area contributed by atoms with E-state index in [1.54, 1.807) is 25.7 Å². The number of hydrogen-bond donors (Lipinski definition) is 0. The van der Waals surface area contributed by atoms with Crippen molar-refractivity contribution in [3.63, 3.8) is 0 Å². The van der Waals surface area contributed by atoms with Crippen molar-refractivity contribution in [3.8, 4) is 0 Å². The summed E-state index contributed by atoms with van der Waals surface area (Å²) in [5.41, 5.74) is 0. The van der Waals surface area contributed by atoms with Crippen molar-refractivity contribution in [1.29, 1.82) is 0 Å². The van der Waals surface area contributed by atoms with Crippen LogP contribution < -0.4 is 0 Å². The fourth-order valence-electron chi connectivity index (χ4n) is 12.4. The van der Waals surface area contributed by atoms with Crippen molar-refractivity contribution in [2.24, 2.45) is 41.4 Å². The molecule has 0 N–H and O–H groups in total. The maximum absolute atomic E-state index is 3.30. The van der Waals surface area contributed by atoms with Crippen molar-refractivity contribution < 1.29 is 0 Å². The lowest BCUT2D eigenvalue weighted by molar-refractivity contribution is -0.0427. The minimum absolute atomic E-state index is 0.870. The van der Waals surface area contributed by atoms with Gasteiger partial charge in [0.2, 0.25) is 0 Å². The van der Waals surface area contributed by atoms with Crippen molar-refractivity contribution in [2.75, 3.05) is 0 Å². The normalized spacial score (nSPS) is 55.1. The minimum Gasteiger partial charge on any atom is -0.293 e. The third-order valence-corrected chi connectivity index (χ3v) is 13.5. The standard InChI is InChI=1S/C33H56N2/c1-21-11-8-15-26-24-13-4-6-17-30(24)34(32(21)26)28-19-10-20-29(23(28)3)35-31-18-7-5-14-25(31)27-16-9-12-22(2)33(27)35/h21-33H,4-20H2,1-3H3. The predicted octanol–water partition coefficient (Wildman–Crippen LogP) is 7.90. The van der Waals surface area contributed by atoms with E-state index < -0.39 is 0 Å². The lowest BCUT2D eigenvalue weighted by Crippen LogP contribution is -2.60. The maximum Gasteiger partial charge on any atom is 0.0158 e. The zero-order chi connectivity index (χ0) is 23.7. The van der Waals surface area contributed by atoms with Crippen LogP contribution in [-0.2, 0) is 0 Å². The predicted molar refractivity (Wildman–Crippen MR) is 146 cm³/mol. The van der Waals surface area contributed by atoms with Gasteiger partial charge in [0.15, 0.2) is 0 Å². The van der Waals surface area contributed by atoms with Gasteiger partial charge in [-0.3, -0.25) is 9.80 Å². The molecule has 7 rings (SSSR count). The van der Waals surface area contributed by atoms with Crippen LogP contribution in [0.25, 0.3) is 0 Å². The first kappa shape index (κ1) is 24.0. The summed E-state index contributed by atoms with van der Waals surface area (Å²) < 4.78 is 0. The molecule has 35 heavy (non-hydrogen) atoms. The number of nitrogens with zero attached hydrogens (tertiary/aromatic N) is 2. The molecule has 2 saturated heterocycles. The number of likely N-dealkylation sites (tertiary alicyclic amines) is 2. The van der Waals surface area contributed by atoms with Gasteiger partial charge in [0, 0.05) is 36.3 Å². The Morgan fingerprint density at radius 3 is 1.23 bits per heavy atom. The summed E-state index contributed by atoms with van der Waals surface area (Å²) in [6, 6.07) is 5.46. The maximum atomic E-state index is 3.30. The molecule has 0 aromatic carbocycles. The highest BCUT2D eigenvalue weighted by Crippen LogP contribution is 2.56. The second kappa shape index (κ2) is 9.59. The van der Waals surface area contributed by atoms with Gasteiger partial charge in [-0.25, -0.2) is 0 Å². The summed E-state index contributed by atoms with van der Waals surface area (Å²) >= 11 is 0. The van der Waals surface area contributed by atoms with Gasteiger partial charge >= 0.3 is 0 Å². The first-order chi connectivity index (χ1) is 17.1. The fourth-order valence-corrected chi connectivity index (χ4v) is 12.4. The fraction of sp³-hybridized carbons (Fsp3) is 1.00. The lowest BCUT2D eigenvalue weighted by atomic mass is 9.70. The Bertz CT molecular complexity index is 689. The minimum atomic E-state index is 0.870. The Kier molecular flexibility index (Phi) is 6.57. The Balaban J connectivity index is 1.20. The summed E-state index contributed by atoms with van der Waals surface area (Å²) in [6.07, 6.45) is 25.8. The van der Waals surface area contributed by atoms with E-state index in [2.05, 4.69) is 30.6 Å². The molecule has 2 heteroatoms. The quantitative estimate of drug-likeness (QED) is 0.396. The summed E-state index contributed by atoms with van der Waals surface area (Å²) in [6.45, 7) is 8.05. The van der Waals surface area contributed by atoms with E-state index in [9.17, 15) is 0 Å². The van der Waals surface area contributed by atoms with E-state index in [-0.39, 0.29) is 0 Å². The summed E-state index contributed by atoms with van der Waals surface area (Å²) in [7, 11) is 0. The average Bonchev–Trinajstić information content (AvgIpc) is 3.40. The van der Waals surface area contributed by atoms with Gasteiger partial charge in [0.25, 0.3) is 0 Å². The molecule has 2 heterocycles. The Labute approximate surface area is 217 Å². The van der Waals surface area contributed by atoms with Crippen molar-refractivity contribution in [2.45, 2.75) is 166 Å². The van der Waals surface area contributed by atoms with Gasteiger partial charge in [-0.05, 0) is 106 Å². The van der Waals surface area contributed by atoms with Gasteiger partial charge in [0.1, 0.15) is 0 Å². The van der Waals surface area contributed by atoms with Gasteiger partial charge in [0.05, 0.1) is 0 Å². The molecular formula is C33H56N2. The molecule has 0 aromatic heterocycles. The molecule has 2 nitrogen and oxygen atoms in total. The second-order valence-electron chi connectivity index (χ2n) is 15.0. The van der Waals surface area contributed by atoms with Crippen LogP contribution in [0, 0.1) is 41.4 Å².